The van der Waals surface area contributed by atoms with Gasteiger partial charge in [0.05, 0.1) is 6.61 Å². The summed E-state index contributed by atoms with van der Waals surface area (Å²) < 4.78 is 15.0. The van der Waals surface area contributed by atoms with Gasteiger partial charge in [-0.3, -0.25) is 0 Å². The van der Waals surface area contributed by atoms with Gasteiger partial charge >= 0.3 is 0 Å². The van der Waals surface area contributed by atoms with Crippen molar-refractivity contribution in [3.63, 3.8) is 0 Å². The topological polar surface area (TPSA) is 88.4 Å². The van der Waals surface area contributed by atoms with Crippen LogP contribution in [0.25, 0.3) is 0 Å². The predicted octanol–water partition coefficient (Wildman–Crippen LogP) is -1.91. The molecule has 1 fully saturated rings. The van der Waals surface area contributed by atoms with E-state index in [-0.39, 0.29) is 13.2 Å². The smallest absolute Gasteiger partial charge is 0.221 e. The zero-order valence-electron chi connectivity index (χ0n) is 8.21. The van der Waals surface area contributed by atoms with E-state index in [1.165, 1.54) is 14.2 Å². The Bertz CT molecular complexity index is 187. The average molecular weight is 208 g/mol. The third-order valence-corrected chi connectivity index (χ3v) is 2.38. The summed E-state index contributed by atoms with van der Waals surface area (Å²) in [7, 11) is 2.77. The van der Waals surface area contributed by atoms with Gasteiger partial charge in [-0.15, -0.1) is 0 Å². The summed E-state index contributed by atoms with van der Waals surface area (Å²) in [6.07, 6.45) is -3.25. The Morgan fingerprint density at radius 1 is 1.36 bits per heavy atom. The van der Waals surface area contributed by atoms with Gasteiger partial charge in [0.25, 0.3) is 0 Å². The minimum atomic E-state index is -1.39. The van der Waals surface area contributed by atoms with Gasteiger partial charge in [0.2, 0.25) is 5.79 Å². The fourth-order valence-corrected chi connectivity index (χ4v) is 1.55. The van der Waals surface area contributed by atoms with E-state index in [0.29, 0.717) is 0 Å². The summed E-state index contributed by atoms with van der Waals surface area (Å²) in [5.41, 5.74) is 0. The fraction of sp³-hybridized carbons (Fsp3) is 1.00. The molecule has 1 aliphatic heterocycles. The molecule has 1 aliphatic rings. The van der Waals surface area contributed by atoms with Gasteiger partial charge in [0, 0.05) is 14.2 Å². The summed E-state index contributed by atoms with van der Waals surface area (Å²) >= 11 is 0. The number of ether oxygens (including phenoxy) is 3. The molecule has 4 atom stereocenters. The molecule has 84 valence electrons. The Morgan fingerprint density at radius 2 is 2.00 bits per heavy atom. The summed E-state index contributed by atoms with van der Waals surface area (Å²) in [6, 6.07) is 0. The van der Waals surface area contributed by atoms with Crippen LogP contribution in [0.3, 0.4) is 0 Å². The highest BCUT2D eigenvalue weighted by molar-refractivity contribution is 4.96. The van der Waals surface area contributed by atoms with Crippen LogP contribution >= 0.6 is 0 Å². The lowest BCUT2D eigenvalue weighted by molar-refractivity contribution is -0.267. The number of aliphatic hydroxyl groups excluding tert-OH is 3. The molecule has 0 radical (unpaired) electrons. The van der Waals surface area contributed by atoms with Gasteiger partial charge in [-0.1, -0.05) is 0 Å². The minimum Gasteiger partial charge on any atom is -0.394 e. The molecular formula is C8H16O6. The molecule has 1 heterocycles. The number of hydrogen-bond donors (Lipinski definition) is 3. The van der Waals surface area contributed by atoms with Crippen LogP contribution in [0.2, 0.25) is 0 Å². The lowest BCUT2D eigenvalue weighted by Crippen LogP contribution is -2.48. The molecule has 0 aromatic heterocycles. The van der Waals surface area contributed by atoms with Gasteiger partial charge in [-0.25, -0.2) is 0 Å². The maximum absolute atomic E-state index is 9.65. The molecule has 1 saturated heterocycles. The minimum absolute atomic E-state index is 0.0156. The van der Waals surface area contributed by atoms with E-state index in [4.69, 9.17) is 19.3 Å². The summed E-state index contributed by atoms with van der Waals surface area (Å²) in [5.74, 6) is -1.39. The van der Waals surface area contributed by atoms with E-state index in [9.17, 15) is 10.2 Å². The zero-order chi connectivity index (χ0) is 10.8. The lowest BCUT2D eigenvalue weighted by atomic mass is 10.1. The maximum Gasteiger partial charge on any atom is 0.221 e. The quantitative estimate of drug-likeness (QED) is 0.499. The molecule has 4 unspecified atom stereocenters. The van der Waals surface area contributed by atoms with Gasteiger partial charge in [-0.2, -0.15) is 0 Å². The highest BCUT2D eigenvalue weighted by atomic mass is 16.7. The number of hydrogen-bond acceptors (Lipinski definition) is 6. The highest BCUT2D eigenvalue weighted by Crippen LogP contribution is 2.32. The Hall–Kier alpha value is -0.240. The molecule has 0 spiro atoms. The highest BCUT2D eigenvalue weighted by Gasteiger charge is 2.54. The molecule has 1 rings (SSSR count). The number of rotatable bonds is 4. The summed E-state index contributed by atoms with van der Waals surface area (Å²) in [6.45, 7) is -0.398. The first-order valence-electron chi connectivity index (χ1n) is 4.30. The van der Waals surface area contributed by atoms with Crippen LogP contribution in [0.5, 0.6) is 0 Å². The molecule has 0 bridgehead atoms. The van der Waals surface area contributed by atoms with Gasteiger partial charge in [0.15, 0.2) is 0 Å². The molecular weight excluding hydrogens is 192 g/mol. The van der Waals surface area contributed by atoms with E-state index in [0.717, 1.165) is 0 Å². The van der Waals surface area contributed by atoms with Crippen molar-refractivity contribution in [1.82, 2.24) is 0 Å². The molecule has 0 aromatic carbocycles. The van der Waals surface area contributed by atoms with E-state index >= 15 is 0 Å². The molecule has 0 amide bonds. The van der Waals surface area contributed by atoms with Crippen LogP contribution in [0.15, 0.2) is 0 Å². The van der Waals surface area contributed by atoms with Crippen LogP contribution in [0.1, 0.15) is 0 Å². The van der Waals surface area contributed by atoms with E-state index in [1.54, 1.807) is 0 Å². The van der Waals surface area contributed by atoms with E-state index < -0.39 is 24.1 Å². The molecule has 0 aromatic rings. The van der Waals surface area contributed by atoms with Crippen molar-refractivity contribution in [2.75, 3.05) is 27.4 Å². The zero-order valence-corrected chi connectivity index (χ0v) is 8.21. The molecule has 6 nitrogen and oxygen atoms in total. The van der Waals surface area contributed by atoms with Gasteiger partial charge in [0.1, 0.15) is 24.9 Å². The second kappa shape index (κ2) is 4.52. The second-order valence-electron chi connectivity index (χ2n) is 3.22. The van der Waals surface area contributed by atoms with Crippen molar-refractivity contribution < 1.29 is 29.5 Å². The monoisotopic (exact) mass is 208 g/mol. The maximum atomic E-state index is 9.65. The first-order chi connectivity index (χ1) is 6.61. The average Bonchev–Trinajstić information content (AvgIpc) is 2.44. The second-order valence-corrected chi connectivity index (χ2v) is 3.22. The van der Waals surface area contributed by atoms with Crippen LogP contribution in [0.4, 0.5) is 0 Å². The lowest BCUT2D eigenvalue weighted by Gasteiger charge is -2.29. The largest absolute Gasteiger partial charge is 0.394 e. The fourth-order valence-electron chi connectivity index (χ4n) is 1.55. The van der Waals surface area contributed by atoms with E-state index in [2.05, 4.69) is 0 Å². The Morgan fingerprint density at radius 3 is 2.36 bits per heavy atom. The molecule has 0 saturated carbocycles. The van der Waals surface area contributed by atoms with Gasteiger partial charge < -0.3 is 29.5 Å². The van der Waals surface area contributed by atoms with Crippen LogP contribution < -0.4 is 0 Å². The third-order valence-electron chi connectivity index (χ3n) is 2.38. The Labute approximate surface area is 82.0 Å². The summed E-state index contributed by atoms with van der Waals surface area (Å²) in [5, 5.41) is 28.0. The van der Waals surface area contributed by atoms with Crippen molar-refractivity contribution in [3.8, 4) is 0 Å². The standard InChI is InChI=1S/C8H16O6/c1-12-4-8(13-2)7(11)6(10)5(3-9)14-8/h5-7,9-11H,3-4H2,1-2H3. The third kappa shape index (κ3) is 1.77. The molecule has 6 heteroatoms. The molecule has 0 aliphatic carbocycles. The number of aliphatic hydroxyl groups is 3. The normalized spacial score (nSPS) is 43.1. The Balaban J connectivity index is 2.78. The predicted molar refractivity (Wildman–Crippen MR) is 45.6 cm³/mol. The first-order valence-corrected chi connectivity index (χ1v) is 4.30. The molecule has 3 N–H and O–H groups in total. The van der Waals surface area contributed by atoms with Crippen molar-refractivity contribution in [3.05, 3.63) is 0 Å². The summed E-state index contributed by atoms with van der Waals surface area (Å²) in [4.78, 5) is 0. The number of methoxy groups -OCH3 is 2. The SMILES string of the molecule is COCC1(OC)OC(CO)C(O)C1O. The van der Waals surface area contributed by atoms with Gasteiger partial charge in [-0.05, 0) is 0 Å². The van der Waals surface area contributed by atoms with Crippen molar-refractivity contribution in [2.45, 2.75) is 24.1 Å². The van der Waals surface area contributed by atoms with Crippen LogP contribution in [-0.4, -0.2) is 66.9 Å². The first kappa shape index (κ1) is 11.8. The van der Waals surface area contributed by atoms with Crippen molar-refractivity contribution in [1.29, 1.82) is 0 Å². The van der Waals surface area contributed by atoms with E-state index in [1.807, 2.05) is 0 Å². The van der Waals surface area contributed by atoms with Crippen molar-refractivity contribution in [2.24, 2.45) is 0 Å². The van der Waals surface area contributed by atoms with Crippen LogP contribution in [-0.2, 0) is 14.2 Å². The van der Waals surface area contributed by atoms with Crippen LogP contribution in [0, 0.1) is 0 Å². The molecule has 14 heavy (non-hydrogen) atoms. The Kier molecular flexibility index (Phi) is 3.82. The van der Waals surface area contributed by atoms with Crippen molar-refractivity contribution >= 4 is 0 Å².